The molecule has 2 heterocycles. The van der Waals surface area contributed by atoms with E-state index in [9.17, 15) is 14.0 Å². The van der Waals surface area contributed by atoms with Gasteiger partial charge in [-0.1, -0.05) is 77.9 Å². The second kappa shape index (κ2) is 11.3. The second-order valence-corrected chi connectivity index (χ2v) is 9.52. The van der Waals surface area contributed by atoms with Gasteiger partial charge >= 0.3 is 5.97 Å². The summed E-state index contributed by atoms with van der Waals surface area (Å²) in [6, 6.07) is 21.3. The average molecular weight is 539 g/mol. The molecule has 0 unspecified atom stereocenters. The molecule has 0 aliphatic carbocycles. The van der Waals surface area contributed by atoms with E-state index in [1.54, 1.807) is 31.2 Å². The topological polar surface area (TPSA) is 69.9 Å². The number of carbonyl (C=O) groups is 1. The van der Waals surface area contributed by atoms with E-state index in [4.69, 9.17) is 20.9 Å². The summed E-state index contributed by atoms with van der Waals surface area (Å²) in [6.07, 6.45) is 7.07. The van der Waals surface area contributed by atoms with Crippen molar-refractivity contribution in [2.24, 2.45) is 4.99 Å². The van der Waals surface area contributed by atoms with E-state index >= 15 is 0 Å². The Hall–Kier alpha value is -4.74. The van der Waals surface area contributed by atoms with Crippen LogP contribution in [0, 0.1) is 18.2 Å². The zero-order valence-corrected chi connectivity index (χ0v) is 21.8. The summed E-state index contributed by atoms with van der Waals surface area (Å²) < 4.78 is 26.8. The zero-order valence-electron chi connectivity index (χ0n) is 21.0. The molecule has 1 aliphatic rings. The molecule has 6 nitrogen and oxygen atoms in total. The van der Waals surface area contributed by atoms with Crippen LogP contribution in [0.1, 0.15) is 29.7 Å². The smallest absolute Gasteiger partial charge is 0.338 e. The quantitative estimate of drug-likeness (QED) is 0.263. The number of terminal acetylenes is 1. The molecule has 0 saturated carbocycles. The van der Waals surface area contributed by atoms with Gasteiger partial charge in [-0.15, -0.1) is 6.42 Å². The predicted octanol–water partition coefficient (Wildman–Crippen LogP) is 4.09. The molecule has 1 atom stereocenters. The highest BCUT2D eigenvalue weighted by molar-refractivity contribution is 7.07. The van der Waals surface area contributed by atoms with E-state index < -0.39 is 17.8 Å². The summed E-state index contributed by atoms with van der Waals surface area (Å²) in [4.78, 5) is 32.5. The van der Waals surface area contributed by atoms with Crippen molar-refractivity contribution in [1.82, 2.24) is 4.57 Å². The van der Waals surface area contributed by atoms with Crippen LogP contribution in [0.3, 0.4) is 0 Å². The third-order valence-electron chi connectivity index (χ3n) is 6.08. The van der Waals surface area contributed by atoms with Crippen molar-refractivity contribution in [3.8, 4) is 18.1 Å². The predicted molar refractivity (Wildman–Crippen MR) is 148 cm³/mol. The van der Waals surface area contributed by atoms with Crippen LogP contribution < -0.4 is 19.6 Å². The third-order valence-corrected chi connectivity index (χ3v) is 7.06. The van der Waals surface area contributed by atoms with E-state index in [0.717, 1.165) is 0 Å². The van der Waals surface area contributed by atoms with E-state index in [0.29, 0.717) is 37.5 Å². The monoisotopic (exact) mass is 538 g/mol. The molecule has 3 aromatic carbocycles. The lowest BCUT2D eigenvalue weighted by atomic mass is 9.93. The summed E-state index contributed by atoms with van der Waals surface area (Å²) in [5.41, 5.74) is 2.16. The maximum Gasteiger partial charge on any atom is 0.338 e. The molecule has 0 N–H and O–H groups in total. The Balaban J connectivity index is 1.80. The molecule has 4 aromatic rings. The molecule has 194 valence electrons. The Morgan fingerprint density at radius 1 is 1.10 bits per heavy atom. The van der Waals surface area contributed by atoms with Crippen molar-refractivity contribution in [2.75, 3.05) is 13.2 Å². The molecule has 0 amide bonds. The minimum absolute atomic E-state index is 0.0833. The number of rotatable bonds is 7. The average Bonchev–Trinajstić information content (AvgIpc) is 3.27. The molecule has 0 radical (unpaired) electrons. The molecular weight excluding hydrogens is 515 g/mol. The number of para-hydroxylation sites is 1. The second-order valence-electron chi connectivity index (χ2n) is 8.51. The molecule has 39 heavy (non-hydrogen) atoms. The van der Waals surface area contributed by atoms with E-state index in [1.165, 1.54) is 28.0 Å². The normalized spacial score (nSPS) is 14.8. The van der Waals surface area contributed by atoms with Gasteiger partial charge in [0.15, 0.2) is 4.80 Å². The van der Waals surface area contributed by atoms with Crippen LogP contribution in [0.15, 0.2) is 94.2 Å². The van der Waals surface area contributed by atoms with Gasteiger partial charge in [-0.3, -0.25) is 9.36 Å². The number of benzene rings is 3. The largest absolute Gasteiger partial charge is 0.480 e. The first-order valence-corrected chi connectivity index (χ1v) is 13.0. The number of hydrogen-bond acceptors (Lipinski definition) is 6. The molecule has 1 aliphatic heterocycles. The fourth-order valence-electron chi connectivity index (χ4n) is 4.39. The first kappa shape index (κ1) is 25.9. The number of fused-ring (bicyclic) bond motifs is 1. The molecule has 0 fully saturated rings. The highest BCUT2D eigenvalue weighted by Gasteiger charge is 2.35. The Kier molecular flexibility index (Phi) is 7.53. The first-order valence-electron chi connectivity index (χ1n) is 12.2. The Labute approximate surface area is 228 Å². The highest BCUT2D eigenvalue weighted by atomic mass is 32.1. The van der Waals surface area contributed by atoms with Gasteiger partial charge in [0.25, 0.3) is 5.56 Å². The number of ether oxygens (including phenoxy) is 2. The van der Waals surface area contributed by atoms with Gasteiger partial charge in [-0.25, -0.2) is 14.2 Å². The first-order chi connectivity index (χ1) is 19.0. The van der Waals surface area contributed by atoms with Crippen LogP contribution in [0.25, 0.3) is 11.8 Å². The fourth-order valence-corrected chi connectivity index (χ4v) is 5.38. The number of halogens is 1. The number of esters is 1. The van der Waals surface area contributed by atoms with Crippen molar-refractivity contribution in [3.63, 3.8) is 0 Å². The molecule has 0 saturated heterocycles. The summed E-state index contributed by atoms with van der Waals surface area (Å²) in [5.74, 6) is 1.95. The molecule has 8 heteroatoms. The molecule has 5 rings (SSSR count). The van der Waals surface area contributed by atoms with Crippen LogP contribution in [-0.2, 0) is 9.53 Å². The lowest BCUT2D eigenvalue weighted by Gasteiger charge is -2.25. The summed E-state index contributed by atoms with van der Waals surface area (Å²) >= 11 is 1.19. The van der Waals surface area contributed by atoms with Crippen LogP contribution >= 0.6 is 11.3 Å². The van der Waals surface area contributed by atoms with E-state index in [1.807, 2.05) is 48.5 Å². The molecule has 0 bridgehead atoms. The highest BCUT2D eigenvalue weighted by Crippen LogP contribution is 2.35. The summed E-state index contributed by atoms with van der Waals surface area (Å²) in [6.45, 7) is 1.93. The van der Waals surface area contributed by atoms with Gasteiger partial charge in [0, 0.05) is 11.1 Å². The Bertz CT molecular complexity index is 1780. The maximum absolute atomic E-state index is 13.9. The fraction of sp³-hybridized carbons (Fsp3) is 0.129. The number of hydrogen-bond donors (Lipinski definition) is 0. The van der Waals surface area contributed by atoms with Crippen LogP contribution in [0.2, 0.25) is 0 Å². The van der Waals surface area contributed by atoms with Gasteiger partial charge in [-0.2, -0.15) is 0 Å². The van der Waals surface area contributed by atoms with Crippen molar-refractivity contribution in [1.29, 1.82) is 0 Å². The SMILES string of the molecule is C#CCOc1ccccc1/C=c1/sc2n(c1=O)[C@H](c1ccc(F)cc1)C(C(=O)OCC)=C(c1ccccc1)N=2. The molecule has 1 aromatic heterocycles. The Morgan fingerprint density at radius 2 is 1.82 bits per heavy atom. The van der Waals surface area contributed by atoms with Crippen molar-refractivity contribution < 1.29 is 18.7 Å². The van der Waals surface area contributed by atoms with Gasteiger partial charge in [0.2, 0.25) is 0 Å². The third kappa shape index (κ3) is 5.17. The lowest BCUT2D eigenvalue weighted by Crippen LogP contribution is -2.40. The standard InChI is InChI=1S/C31H23FN2O4S/c1-3-18-38-24-13-9-8-12-22(24)19-25-29(35)34-28(21-14-16-23(32)17-15-21)26(30(36)37-4-2)27(33-31(34)39-25)20-10-6-5-7-11-20/h1,5-17,19,28H,4,18H2,2H3/b25-19+/t28-/m1/s1. The zero-order chi connectivity index (χ0) is 27.4. The van der Waals surface area contributed by atoms with Crippen molar-refractivity contribution in [3.05, 3.63) is 127 Å². The van der Waals surface area contributed by atoms with E-state index in [2.05, 4.69) is 5.92 Å². The van der Waals surface area contributed by atoms with Crippen LogP contribution in [-0.4, -0.2) is 23.8 Å². The minimum Gasteiger partial charge on any atom is -0.480 e. The van der Waals surface area contributed by atoms with Crippen LogP contribution in [0.4, 0.5) is 4.39 Å². The van der Waals surface area contributed by atoms with Crippen molar-refractivity contribution >= 4 is 29.1 Å². The van der Waals surface area contributed by atoms with Gasteiger partial charge in [-0.05, 0) is 36.8 Å². The number of aromatic nitrogens is 1. The van der Waals surface area contributed by atoms with Crippen LogP contribution in [0.5, 0.6) is 5.75 Å². The molecular formula is C31H23FN2O4S. The van der Waals surface area contributed by atoms with Gasteiger partial charge < -0.3 is 9.47 Å². The van der Waals surface area contributed by atoms with E-state index in [-0.39, 0.29) is 24.3 Å². The number of carbonyl (C=O) groups excluding carboxylic acids is 1. The summed E-state index contributed by atoms with van der Waals surface area (Å²) in [5, 5.41) is 0. The summed E-state index contributed by atoms with van der Waals surface area (Å²) in [7, 11) is 0. The lowest BCUT2D eigenvalue weighted by molar-refractivity contribution is -0.138. The Morgan fingerprint density at radius 3 is 2.54 bits per heavy atom. The van der Waals surface area contributed by atoms with Gasteiger partial charge in [0.1, 0.15) is 18.2 Å². The number of thiazole rings is 1. The van der Waals surface area contributed by atoms with Gasteiger partial charge in [0.05, 0.1) is 28.5 Å². The van der Waals surface area contributed by atoms with Crippen molar-refractivity contribution in [2.45, 2.75) is 13.0 Å². The molecule has 0 spiro atoms. The number of nitrogens with zero attached hydrogens (tertiary/aromatic N) is 2. The maximum atomic E-state index is 13.9. The minimum atomic E-state index is -0.883.